The number of ether oxygens (including phenoxy) is 1. The molecule has 0 aromatic heterocycles. The third kappa shape index (κ3) is 7.62. The molecule has 0 saturated heterocycles. The van der Waals surface area contributed by atoms with Crippen molar-refractivity contribution in [2.75, 3.05) is 13.2 Å². The van der Waals surface area contributed by atoms with Crippen LogP contribution < -0.4 is 0 Å². The van der Waals surface area contributed by atoms with E-state index in [4.69, 9.17) is 14.9 Å². The first-order chi connectivity index (χ1) is 9.10. The molecule has 0 saturated carbocycles. The van der Waals surface area contributed by atoms with Crippen LogP contribution in [0, 0.1) is 0 Å². The minimum absolute atomic E-state index is 0.0436. The van der Waals surface area contributed by atoms with Gasteiger partial charge in [0.05, 0.1) is 12.7 Å². The van der Waals surface area contributed by atoms with Crippen molar-refractivity contribution in [3.05, 3.63) is 0 Å². The largest absolute Gasteiger partial charge is 0.396 e. The quantitative estimate of drug-likeness (QED) is 0.464. The number of ketones is 1. The smallest absolute Gasteiger partial charge is 0.192 e. The molecular weight excluding hydrogens is 248 g/mol. The Hall–Kier alpha value is -0.490. The molecular formula is C14H28O5. The summed E-state index contributed by atoms with van der Waals surface area (Å²) in [5.41, 5.74) is 0. The standard InChI is InChI=1S/C14H28O5/c1-3-5-6-7-11(4-2)19-13(8-9-15)14(18)12(17)10-16/h11-13,15-17H,3-10H2,1-2H3. The Balaban J connectivity index is 4.39. The van der Waals surface area contributed by atoms with Gasteiger partial charge in [0, 0.05) is 13.0 Å². The van der Waals surface area contributed by atoms with E-state index in [0.29, 0.717) is 0 Å². The Morgan fingerprint density at radius 2 is 1.84 bits per heavy atom. The van der Waals surface area contributed by atoms with Gasteiger partial charge in [-0.15, -0.1) is 0 Å². The van der Waals surface area contributed by atoms with E-state index < -0.39 is 24.6 Å². The van der Waals surface area contributed by atoms with Gasteiger partial charge in [0.25, 0.3) is 0 Å². The lowest BCUT2D eigenvalue weighted by Crippen LogP contribution is -2.39. The molecule has 0 bridgehead atoms. The van der Waals surface area contributed by atoms with Gasteiger partial charge >= 0.3 is 0 Å². The second-order valence-electron chi connectivity index (χ2n) is 4.76. The van der Waals surface area contributed by atoms with Crippen LogP contribution in [-0.2, 0) is 9.53 Å². The highest BCUT2D eigenvalue weighted by Crippen LogP contribution is 2.15. The van der Waals surface area contributed by atoms with Crippen molar-refractivity contribution in [3.63, 3.8) is 0 Å². The Morgan fingerprint density at radius 3 is 2.32 bits per heavy atom. The average molecular weight is 276 g/mol. The second kappa shape index (κ2) is 11.3. The topological polar surface area (TPSA) is 87.0 Å². The fourth-order valence-corrected chi connectivity index (χ4v) is 1.92. The third-order valence-corrected chi connectivity index (χ3v) is 3.15. The van der Waals surface area contributed by atoms with Crippen LogP contribution in [0.3, 0.4) is 0 Å². The molecule has 5 nitrogen and oxygen atoms in total. The fourth-order valence-electron chi connectivity index (χ4n) is 1.92. The Kier molecular flexibility index (Phi) is 11.1. The van der Waals surface area contributed by atoms with E-state index in [1.807, 2.05) is 6.92 Å². The van der Waals surface area contributed by atoms with Gasteiger partial charge in [-0.25, -0.2) is 0 Å². The highest BCUT2D eigenvalue weighted by molar-refractivity contribution is 5.87. The van der Waals surface area contributed by atoms with E-state index in [9.17, 15) is 9.90 Å². The van der Waals surface area contributed by atoms with Crippen molar-refractivity contribution in [2.24, 2.45) is 0 Å². The molecule has 0 fully saturated rings. The van der Waals surface area contributed by atoms with Crippen molar-refractivity contribution < 1.29 is 24.9 Å². The molecule has 0 aromatic rings. The zero-order valence-corrected chi connectivity index (χ0v) is 12.0. The van der Waals surface area contributed by atoms with Gasteiger partial charge < -0.3 is 20.1 Å². The molecule has 0 heterocycles. The van der Waals surface area contributed by atoms with Crippen LogP contribution in [0.5, 0.6) is 0 Å². The summed E-state index contributed by atoms with van der Waals surface area (Å²) < 4.78 is 5.69. The van der Waals surface area contributed by atoms with Crippen LogP contribution in [0.15, 0.2) is 0 Å². The minimum atomic E-state index is -1.43. The molecule has 114 valence electrons. The number of aliphatic hydroxyl groups is 3. The summed E-state index contributed by atoms with van der Waals surface area (Å²) in [6.45, 7) is 3.31. The highest BCUT2D eigenvalue weighted by atomic mass is 16.5. The molecule has 0 amide bonds. The zero-order valence-electron chi connectivity index (χ0n) is 12.0. The van der Waals surface area contributed by atoms with Gasteiger partial charge in [-0.2, -0.15) is 0 Å². The highest BCUT2D eigenvalue weighted by Gasteiger charge is 2.27. The normalized spacial score (nSPS) is 16.1. The number of hydrogen-bond acceptors (Lipinski definition) is 5. The van der Waals surface area contributed by atoms with E-state index in [-0.39, 0.29) is 19.1 Å². The second-order valence-corrected chi connectivity index (χ2v) is 4.76. The molecule has 0 spiro atoms. The summed E-state index contributed by atoms with van der Waals surface area (Å²) in [6, 6.07) is 0. The molecule has 3 unspecified atom stereocenters. The number of rotatable bonds is 12. The number of carbonyl (C=O) groups is 1. The summed E-state index contributed by atoms with van der Waals surface area (Å²) in [5.74, 6) is -0.550. The molecule has 0 radical (unpaired) electrons. The van der Waals surface area contributed by atoms with Crippen LogP contribution in [0.1, 0.15) is 52.4 Å². The van der Waals surface area contributed by atoms with Gasteiger partial charge in [0.15, 0.2) is 5.78 Å². The number of unbranched alkanes of at least 4 members (excludes halogenated alkanes) is 2. The molecule has 0 aliphatic heterocycles. The van der Waals surface area contributed by atoms with Crippen LogP contribution in [0.2, 0.25) is 0 Å². The maximum absolute atomic E-state index is 11.8. The van der Waals surface area contributed by atoms with Gasteiger partial charge in [-0.1, -0.05) is 33.1 Å². The van der Waals surface area contributed by atoms with Crippen molar-refractivity contribution in [3.8, 4) is 0 Å². The predicted molar refractivity (Wildman–Crippen MR) is 72.9 cm³/mol. The zero-order chi connectivity index (χ0) is 14.7. The third-order valence-electron chi connectivity index (χ3n) is 3.15. The number of aliphatic hydroxyl groups excluding tert-OH is 3. The monoisotopic (exact) mass is 276 g/mol. The van der Waals surface area contributed by atoms with E-state index in [0.717, 1.165) is 32.1 Å². The molecule has 19 heavy (non-hydrogen) atoms. The molecule has 0 aliphatic carbocycles. The van der Waals surface area contributed by atoms with Crippen LogP contribution in [-0.4, -0.2) is 52.6 Å². The molecule has 0 rings (SSSR count). The molecule has 5 heteroatoms. The number of Topliss-reactive ketones (excluding diaryl/α,β-unsaturated/α-hetero) is 1. The molecule has 3 atom stereocenters. The molecule has 0 aromatic carbocycles. The van der Waals surface area contributed by atoms with Crippen molar-refractivity contribution in [2.45, 2.75) is 70.7 Å². The number of hydrogen-bond donors (Lipinski definition) is 3. The molecule has 3 N–H and O–H groups in total. The van der Waals surface area contributed by atoms with Crippen molar-refractivity contribution >= 4 is 5.78 Å². The lowest BCUT2D eigenvalue weighted by atomic mass is 10.1. The van der Waals surface area contributed by atoms with E-state index >= 15 is 0 Å². The summed E-state index contributed by atoms with van der Waals surface area (Å²) in [5, 5.41) is 27.1. The lowest BCUT2D eigenvalue weighted by Gasteiger charge is -2.24. The Labute approximate surface area is 115 Å². The van der Waals surface area contributed by atoms with Crippen LogP contribution >= 0.6 is 0 Å². The summed E-state index contributed by atoms with van der Waals surface area (Å²) in [6.07, 6.45) is 2.79. The maximum atomic E-state index is 11.8. The first-order valence-corrected chi connectivity index (χ1v) is 7.19. The van der Waals surface area contributed by atoms with E-state index in [1.165, 1.54) is 0 Å². The average Bonchev–Trinajstić information content (AvgIpc) is 2.43. The van der Waals surface area contributed by atoms with E-state index in [1.54, 1.807) is 0 Å². The molecule has 0 aliphatic rings. The minimum Gasteiger partial charge on any atom is -0.396 e. The van der Waals surface area contributed by atoms with Crippen LogP contribution in [0.25, 0.3) is 0 Å². The number of carbonyl (C=O) groups excluding carboxylic acids is 1. The summed E-state index contributed by atoms with van der Waals surface area (Å²) >= 11 is 0. The van der Waals surface area contributed by atoms with Gasteiger partial charge in [-0.05, 0) is 12.8 Å². The summed E-state index contributed by atoms with van der Waals surface area (Å²) in [7, 11) is 0. The summed E-state index contributed by atoms with van der Waals surface area (Å²) in [4.78, 5) is 11.8. The SMILES string of the molecule is CCCCCC(CC)OC(CCO)C(=O)C(O)CO. The predicted octanol–water partition coefficient (Wildman–Crippen LogP) is 1.04. The lowest BCUT2D eigenvalue weighted by molar-refractivity contribution is -0.146. The van der Waals surface area contributed by atoms with Gasteiger partial charge in [0.2, 0.25) is 0 Å². The Bertz CT molecular complexity index is 232. The van der Waals surface area contributed by atoms with Crippen molar-refractivity contribution in [1.82, 2.24) is 0 Å². The van der Waals surface area contributed by atoms with Gasteiger partial charge in [-0.3, -0.25) is 4.79 Å². The van der Waals surface area contributed by atoms with Crippen LogP contribution in [0.4, 0.5) is 0 Å². The fraction of sp³-hybridized carbons (Fsp3) is 0.929. The Morgan fingerprint density at radius 1 is 1.16 bits per heavy atom. The first kappa shape index (κ1) is 18.5. The van der Waals surface area contributed by atoms with E-state index in [2.05, 4.69) is 6.92 Å². The maximum Gasteiger partial charge on any atom is 0.192 e. The van der Waals surface area contributed by atoms with Gasteiger partial charge in [0.1, 0.15) is 12.2 Å². The van der Waals surface area contributed by atoms with Crippen molar-refractivity contribution in [1.29, 1.82) is 0 Å². The first-order valence-electron chi connectivity index (χ1n) is 7.19.